The number of hydrogen-bond acceptors (Lipinski definition) is 3. The molecule has 0 saturated heterocycles. The lowest BCUT2D eigenvalue weighted by atomic mass is 10.1. The van der Waals surface area contributed by atoms with E-state index in [2.05, 4.69) is 15.6 Å². The first-order valence-electron chi connectivity index (χ1n) is 5.71. The smallest absolute Gasteiger partial charge is 0.269 e. The summed E-state index contributed by atoms with van der Waals surface area (Å²) in [4.78, 5) is 15.5. The second-order valence-corrected chi connectivity index (χ2v) is 3.84. The zero-order valence-electron chi connectivity index (χ0n) is 10.4. The number of nitrogens with zero attached hydrogens (tertiary/aromatic N) is 1. The van der Waals surface area contributed by atoms with Crippen molar-refractivity contribution >= 4 is 11.6 Å². The van der Waals surface area contributed by atoms with Crippen molar-refractivity contribution in [1.29, 1.82) is 0 Å². The minimum absolute atomic E-state index is 0.174. The van der Waals surface area contributed by atoms with Crippen LogP contribution in [0.3, 0.4) is 0 Å². The van der Waals surface area contributed by atoms with E-state index >= 15 is 0 Å². The highest BCUT2D eigenvalue weighted by Crippen LogP contribution is 2.20. The first-order valence-corrected chi connectivity index (χ1v) is 5.71. The van der Waals surface area contributed by atoms with E-state index in [-0.39, 0.29) is 5.91 Å². The van der Waals surface area contributed by atoms with Gasteiger partial charge in [0.05, 0.1) is 0 Å². The Morgan fingerprint density at radius 3 is 2.17 bits per heavy atom. The van der Waals surface area contributed by atoms with Gasteiger partial charge in [0.25, 0.3) is 5.91 Å². The molecule has 0 radical (unpaired) electrons. The summed E-state index contributed by atoms with van der Waals surface area (Å²) in [5.41, 5.74) is 3.55. The maximum Gasteiger partial charge on any atom is 0.269 e. The molecule has 0 unspecified atom stereocenters. The van der Waals surface area contributed by atoms with Crippen molar-refractivity contribution in [2.45, 2.75) is 0 Å². The van der Waals surface area contributed by atoms with E-state index in [4.69, 9.17) is 0 Å². The van der Waals surface area contributed by atoms with Crippen LogP contribution in [-0.2, 0) is 0 Å². The van der Waals surface area contributed by atoms with Crippen molar-refractivity contribution in [1.82, 2.24) is 10.3 Å². The molecule has 2 N–H and O–H groups in total. The van der Waals surface area contributed by atoms with Crippen LogP contribution in [-0.4, -0.2) is 25.0 Å². The Morgan fingerprint density at radius 1 is 1.00 bits per heavy atom. The third-order valence-electron chi connectivity index (χ3n) is 2.73. The molecule has 4 nitrogen and oxygen atoms in total. The molecule has 0 bridgehead atoms. The second-order valence-electron chi connectivity index (χ2n) is 3.84. The summed E-state index contributed by atoms with van der Waals surface area (Å²) in [6.07, 6.45) is 1.71. The van der Waals surface area contributed by atoms with Crippen molar-refractivity contribution in [2.24, 2.45) is 0 Å². The Balaban J connectivity index is 2.25. The van der Waals surface area contributed by atoms with Crippen molar-refractivity contribution in [3.05, 3.63) is 48.3 Å². The van der Waals surface area contributed by atoms with Crippen molar-refractivity contribution in [3.8, 4) is 11.1 Å². The highest BCUT2D eigenvalue weighted by Gasteiger charge is 2.04. The van der Waals surface area contributed by atoms with Gasteiger partial charge in [-0.2, -0.15) is 0 Å². The van der Waals surface area contributed by atoms with Gasteiger partial charge in [0.2, 0.25) is 0 Å². The first kappa shape index (κ1) is 12.1. The van der Waals surface area contributed by atoms with Gasteiger partial charge in [-0.25, -0.2) is 0 Å². The fourth-order valence-electron chi connectivity index (χ4n) is 1.66. The second kappa shape index (κ2) is 5.31. The van der Waals surface area contributed by atoms with E-state index < -0.39 is 0 Å². The number of aromatic nitrogens is 1. The summed E-state index contributed by atoms with van der Waals surface area (Å²) < 4.78 is 0. The van der Waals surface area contributed by atoms with Gasteiger partial charge >= 0.3 is 0 Å². The molecule has 1 amide bonds. The Morgan fingerprint density at radius 2 is 1.67 bits per heavy atom. The molecule has 18 heavy (non-hydrogen) atoms. The largest absolute Gasteiger partial charge is 0.388 e. The predicted octanol–water partition coefficient (Wildman–Crippen LogP) is 2.15. The Labute approximate surface area is 106 Å². The summed E-state index contributed by atoms with van der Waals surface area (Å²) in [5.74, 6) is -0.174. The number of rotatable bonds is 3. The van der Waals surface area contributed by atoms with Crippen LogP contribution in [0.4, 0.5) is 5.69 Å². The monoisotopic (exact) mass is 241 g/mol. The van der Waals surface area contributed by atoms with Crippen molar-refractivity contribution in [2.75, 3.05) is 19.4 Å². The van der Waals surface area contributed by atoms with Gasteiger partial charge in [0, 0.05) is 31.5 Å². The van der Waals surface area contributed by atoms with E-state index in [1.165, 1.54) is 0 Å². The molecule has 0 spiro atoms. The van der Waals surface area contributed by atoms with E-state index in [0.717, 1.165) is 16.8 Å². The number of benzene rings is 1. The number of nitrogens with one attached hydrogen (secondary N) is 2. The van der Waals surface area contributed by atoms with E-state index in [1.807, 2.05) is 37.4 Å². The Hall–Kier alpha value is -2.36. The van der Waals surface area contributed by atoms with Crippen LogP contribution >= 0.6 is 0 Å². The SMILES string of the molecule is CNC(=O)c1ccc(-c2ccc(NC)cc2)cn1. The van der Waals surface area contributed by atoms with Gasteiger partial charge in [-0.05, 0) is 23.8 Å². The first-order chi connectivity index (χ1) is 8.74. The molecule has 4 heteroatoms. The van der Waals surface area contributed by atoms with Crippen molar-refractivity contribution in [3.63, 3.8) is 0 Å². The minimum atomic E-state index is -0.174. The summed E-state index contributed by atoms with van der Waals surface area (Å²) in [7, 11) is 3.48. The number of hydrogen-bond donors (Lipinski definition) is 2. The van der Waals surface area contributed by atoms with Crippen LogP contribution in [0.15, 0.2) is 42.6 Å². The van der Waals surface area contributed by atoms with Gasteiger partial charge in [-0.3, -0.25) is 9.78 Å². The molecule has 0 saturated carbocycles. The Kier molecular flexibility index (Phi) is 3.57. The third kappa shape index (κ3) is 2.48. The van der Waals surface area contributed by atoms with Crippen LogP contribution < -0.4 is 10.6 Å². The molecule has 0 aliphatic carbocycles. The lowest BCUT2D eigenvalue weighted by Crippen LogP contribution is -2.18. The molecule has 0 fully saturated rings. The lowest BCUT2D eigenvalue weighted by molar-refractivity contribution is 0.0958. The predicted molar refractivity (Wildman–Crippen MR) is 72.6 cm³/mol. The molecule has 0 aliphatic heterocycles. The molecular formula is C14H15N3O. The zero-order chi connectivity index (χ0) is 13.0. The normalized spacial score (nSPS) is 9.89. The summed E-state index contributed by atoms with van der Waals surface area (Å²) >= 11 is 0. The van der Waals surface area contributed by atoms with Gasteiger partial charge in [0.15, 0.2) is 0 Å². The molecule has 0 atom stereocenters. The van der Waals surface area contributed by atoms with Crippen LogP contribution in [0, 0.1) is 0 Å². The average molecular weight is 241 g/mol. The lowest BCUT2D eigenvalue weighted by Gasteiger charge is -2.04. The van der Waals surface area contributed by atoms with Gasteiger partial charge in [-0.15, -0.1) is 0 Å². The molecule has 2 aromatic rings. The molecular weight excluding hydrogens is 226 g/mol. The van der Waals surface area contributed by atoms with Gasteiger partial charge < -0.3 is 10.6 Å². The highest BCUT2D eigenvalue weighted by atomic mass is 16.1. The van der Waals surface area contributed by atoms with Crippen LogP contribution in [0.2, 0.25) is 0 Å². The zero-order valence-corrected chi connectivity index (χ0v) is 10.4. The maximum absolute atomic E-state index is 11.4. The number of carbonyl (C=O) groups excluding carboxylic acids is 1. The molecule has 1 heterocycles. The molecule has 0 aliphatic rings. The topological polar surface area (TPSA) is 54.0 Å². The van der Waals surface area contributed by atoms with Gasteiger partial charge in [-0.1, -0.05) is 18.2 Å². The molecule has 2 rings (SSSR count). The van der Waals surface area contributed by atoms with E-state index in [9.17, 15) is 4.79 Å². The molecule has 1 aromatic heterocycles. The summed E-state index contributed by atoms with van der Waals surface area (Å²) in [5, 5.41) is 5.61. The summed E-state index contributed by atoms with van der Waals surface area (Å²) in [6.45, 7) is 0. The molecule has 1 aromatic carbocycles. The fraction of sp³-hybridized carbons (Fsp3) is 0.143. The average Bonchev–Trinajstić information content (AvgIpc) is 2.47. The quantitative estimate of drug-likeness (QED) is 0.865. The number of pyridine rings is 1. The fourth-order valence-corrected chi connectivity index (χ4v) is 1.66. The number of anilines is 1. The number of carbonyl (C=O) groups is 1. The van der Waals surface area contributed by atoms with Gasteiger partial charge in [0.1, 0.15) is 5.69 Å². The van der Waals surface area contributed by atoms with Crippen LogP contribution in [0.5, 0.6) is 0 Å². The standard InChI is InChI=1S/C14H15N3O/c1-15-12-6-3-10(4-7-12)11-5-8-13(17-9-11)14(18)16-2/h3-9,15H,1-2H3,(H,16,18). The highest BCUT2D eigenvalue weighted by molar-refractivity contribution is 5.92. The van der Waals surface area contributed by atoms with E-state index in [1.54, 1.807) is 19.3 Å². The number of amides is 1. The third-order valence-corrected chi connectivity index (χ3v) is 2.73. The van der Waals surface area contributed by atoms with Crippen LogP contribution in [0.1, 0.15) is 10.5 Å². The van der Waals surface area contributed by atoms with Crippen LogP contribution in [0.25, 0.3) is 11.1 Å². The van der Waals surface area contributed by atoms with Crippen molar-refractivity contribution < 1.29 is 4.79 Å². The molecule has 92 valence electrons. The van der Waals surface area contributed by atoms with E-state index in [0.29, 0.717) is 5.69 Å². The summed E-state index contributed by atoms with van der Waals surface area (Å²) in [6, 6.07) is 11.7. The maximum atomic E-state index is 11.4. The Bertz CT molecular complexity index is 532. The minimum Gasteiger partial charge on any atom is -0.388 e.